The highest BCUT2D eigenvalue weighted by Crippen LogP contribution is 2.10. The highest BCUT2D eigenvalue weighted by atomic mass is 16.5. The van der Waals surface area contributed by atoms with Crippen LogP contribution in [0.3, 0.4) is 0 Å². The lowest BCUT2D eigenvalue weighted by molar-refractivity contribution is -0.147. The van der Waals surface area contributed by atoms with Gasteiger partial charge in [0.25, 0.3) is 0 Å². The van der Waals surface area contributed by atoms with Crippen molar-refractivity contribution in [3.63, 3.8) is 0 Å². The standard InChI is InChI=1S/C11H23NO2/c1-8(2)7-9(3)12-11(4,5)10(13)14-6/h8-9,12H,7H2,1-6H3. The molecule has 0 saturated heterocycles. The molecular formula is C11H23NO2. The molecule has 1 atom stereocenters. The zero-order valence-electron chi connectivity index (χ0n) is 10.2. The summed E-state index contributed by atoms with van der Waals surface area (Å²) < 4.78 is 4.72. The molecule has 0 amide bonds. The summed E-state index contributed by atoms with van der Waals surface area (Å²) in [6.45, 7) is 10.1. The average molecular weight is 201 g/mol. The molecule has 14 heavy (non-hydrogen) atoms. The summed E-state index contributed by atoms with van der Waals surface area (Å²) in [7, 11) is 1.42. The predicted octanol–water partition coefficient (Wildman–Crippen LogP) is 1.96. The SMILES string of the molecule is COC(=O)C(C)(C)NC(C)CC(C)C. The fourth-order valence-corrected chi connectivity index (χ4v) is 1.70. The van der Waals surface area contributed by atoms with Gasteiger partial charge in [0, 0.05) is 6.04 Å². The summed E-state index contributed by atoms with van der Waals surface area (Å²) in [6, 6.07) is 0.323. The first-order chi connectivity index (χ1) is 6.29. The Morgan fingerprint density at radius 1 is 1.36 bits per heavy atom. The molecule has 0 heterocycles. The van der Waals surface area contributed by atoms with Gasteiger partial charge >= 0.3 is 5.97 Å². The number of esters is 1. The molecule has 3 nitrogen and oxygen atoms in total. The van der Waals surface area contributed by atoms with Crippen molar-refractivity contribution < 1.29 is 9.53 Å². The Bertz CT molecular complexity index is 188. The van der Waals surface area contributed by atoms with E-state index in [1.165, 1.54) is 7.11 Å². The van der Waals surface area contributed by atoms with E-state index in [1.807, 2.05) is 13.8 Å². The van der Waals surface area contributed by atoms with Crippen LogP contribution in [0, 0.1) is 5.92 Å². The van der Waals surface area contributed by atoms with E-state index in [0.29, 0.717) is 12.0 Å². The van der Waals surface area contributed by atoms with Crippen LogP contribution < -0.4 is 5.32 Å². The monoisotopic (exact) mass is 201 g/mol. The number of carbonyl (C=O) groups is 1. The van der Waals surface area contributed by atoms with E-state index in [-0.39, 0.29) is 5.97 Å². The van der Waals surface area contributed by atoms with Crippen molar-refractivity contribution in [1.29, 1.82) is 0 Å². The van der Waals surface area contributed by atoms with Gasteiger partial charge < -0.3 is 4.74 Å². The second kappa shape index (κ2) is 5.35. The highest BCUT2D eigenvalue weighted by molar-refractivity contribution is 5.79. The molecule has 0 radical (unpaired) electrons. The van der Waals surface area contributed by atoms with Gasteiger partial charge in [-0.25, -0.2) is 0 Å². The number of ether oxygens (including phenoxy) is 1. The topological polar surface area (TPSA) is 38.3 Å². The summed E-state index contributed by atoms with van der Waals surface area (Å²) in [5.74, 6) is 0.416. The van der Waals surface area contributed by atoms with Crippen molar-refractivity contribution in [1.82, 2.24) is 5.32 Å². The predicted molar refractivity (Wildman–Crippen MR) is 58.1 cm³/mol. The molecule has 3 heteroatoms. The quantitative estimate of drug-likeness (QED) is 0.691. The van der Waals surface area contributed by atoms with E-state index in [1.54, 1.807) is 0 Å². The molecular weight excluding hydrogens is 178 g/mol. The van der Waals surface area contributed by atoms with Crippen LogP contribution in [0.2, 0.25) is 0 Å². The van der Waals surface area contributed by atoms with Gasteiger partial charge in [-0.15, -0.1) is 0 Å². The Morgan fingerprint density at radius 2 is 1.86 bits per heavy atom. The minimum absolute atomic E-state index is 0.215. The number of methoxy groups -OCH3 is 1. The smallest absolute Gasteiger partial charge is 0.325 e. The molecule has 0 rings (SSSR count). The van der Waals surface area contributed by atoms with Crippen LogP contribution in [0.5, 0.6) is 0 Å². The van der Waals surface area contributed by atoms with Crippen molar-refractivity contribution in [2.75, 3.05) is 7.11 Å². The fraction of sp³-hybridized carbons (Fsp3) is 0.909. The second-order valence-corrected chi connectivity index (χ2v) is 4.79. The van der Waals surface area contributed by atoms with E-state index >= 15 is 0 Å². The van der Waals surface area contributed by atoms with E-state index < -0.39 is 5.54 Å². The lowest BCUT2D eigenvalue weighted by atomic mass is 10.00. The first kappa shape index (κ1) is 13.4. The maximum atomic E-state index is 11.4. The van der Waals surface area contributed by atoms with Gasteiger partial charge in [-0.05, 0) is 33.1 Å². The molecule has 84 valence electrons. The molecule has 0 fully saturated rings. The van der Waals surface area contributed by atoms with Gasteiger partial charge in [0.15, 0.2) is 0 Å². The molecule has 0 bridgehead atoms. The van der Waals surface area contributed by atoms with Crippen molar-refractivity contribution in [2.45, 2.75) is 52.6 Å². The van der Waals surface area contributed by atoms with Gasteiger partial charge in [0.05, 0.1) is 7.11 Å². The third-order valence-electron chi connectivity index (χ3n) is 2.13. The molecule has 0 aromatic heterocycles. The van der Waals surface area contributed by atoms with E-state index in [0.717, 1.165) is 6.42 Å². The molecule has 0 aliphatic rings. The minimum Gasteiger partial charge on any atom is -0.468 e. The van der Waals surface area contributed by atoms with Crippen molar-refractivity contribution in [2.24, 2.45) is 5.92 Å². The molecule has 0 aromatic carbocycles. The number of rotatable bonds is 5. The van der Waals surface area contributed by atoms with E-state index in [2.05, 4.69) is 26.1 Å². The summed E-state index contributed by atoms with van der Waals surface area (Å²) in [5.41, 5.74) is -0.594. The average Bonchev–Trinajstić information content (AvgIpc) is 1.99. The van der Waals surface area contributed by atoms with Crippen molar-refractivity contribution >= 4 is 5.97 Å². The molecule has 0 aliphatic carbocycles. The zero-order valence-corrected chi connectivity index (χ0v) is 10.2. The maximum Gasteiger partial charge on any atom is 0.325 e. The van der Waals surface area contributed by atoms with Gasteiger partial charge in [0.2, 0.25) is 0 Å². The number of carbonyl (C=O) groups excluding carboxylic acids is 1. The highest BCUT2D eigenvalue weighted by Gasteiger charge is 2.29. The van der Waals surface area contributed by atoms with Crippen LogP contribution in [-0.4, -0.2) is 24.7 Å². The number of hydrogen-bond acceptors (Lipinski definition) is 3. The maximum absolute atomic E-state index is 11.4. The van der Waals surface area contributed by atoms with Gasteiger partial charge in [-0.2, -0.15) is 0 Å². The Balaban J connectivity index is 4.14. The number of nitrogens with one attached hydrogen (secondary N) is 1. The van der Waals surface area contributed by atoms with Crippen LogP contribution in [0.15, 0.2) is 0 Å². The normalized spacial score (nSPS) is 14.2. The third kappa shape index (κ3) is 4.61. The zero-order chi connectivity index (χ0) is 11.4. The Hall–Kier alpha value is -0.570. The fourth-order valence-electron chi connectivity index (χ4n) is 1.70. The lowest BCUT2D eigenvalue weighted by Crippen LogP contribution is -2.51. The van der Waals surface area contributed by atoms with Crippen molar-refractivity contribution in [3.05, 3.63) is 0 Å². The van der Waals surface area contributed by atoms with Crippen LogP contribution in [0.25, 0.3) is 0 Å². The van der Waals surface area contributed by atoms with Crippen LogP contribution in [0.4, 0.5) is 0 Å². The van der Waals surface area contributed by atoms with Crippen LogP contribution in [0.1, 0.15) is 41.0 Å². The van der Waals surface area contributed by atoms with Crippen LogP contribution in [-0.2, 0) is 9.53 Å². The summed E-state index contributed by atoms with van der Waals surface area (Å²) >= 11 is 0. The third-order valence-corrected chi connectivity index (χ3v) is 2.13. The van der Waals surface area contributed by atoms with Crippen LogP contribution >= 0.6 is 0 Å². The minimum atomic E-state index is -0.594. The Labute approximate surface area is 87.2 Å². The first-order valence-electron chi connectivity index (χ1n) is 5.15. The molecule has 1 unspecified atom stereocenters. The van der Waals surface area contributed by atoms with E-state index in [4.69, 9.17) is 4.74 Å². The molecule has 1 N–H and O–H groups in total. The largest absolute Gasteiger partial charge is 0.468 e. The molecule has 0 aliphatic heterocycles. The summed E-state index contributed by atoms with van der Waals surface area (Å²) in [6.07, 6.45) is 1.06. The number of hydrogen-bond donors (Lipinski definition) is 1. The first-order valence-corrected chi connectivity index (χ1v) is 5.15. The molecule has 0 saturated carbocycles. The molecule has 0 aromatic rings. The van der Waals surface area contributed by atoms with Gasteiger partial charge in [0.1, 0.15) is 5.54 Å². The van der Waals surface area contributed by atoms with Gasteiger partial charge in [-0.3, -0.25) is 10.1 Å². The molecule has 0 spiro atoms. The van der Waals surface area contributed by atoms with Crippen molar-refractivity contribution in [3.8, 4) is 0 Å². The lowest BCUT2D eigenvalue weighted by Gasteiger charge is -2.28. The Morgan fingerprint density at radius 3 is 2.21 bits per heavy atom. The summed E-state index contributed by atoms with van der Waals surface area (Å²) in [4.78, 5) is 11.4. The second-order valence-electron chi connectivity index (χ2n) is 4.79. The van der Waals surface area contributed by atoms with E-state index in [9.17, 15) is 4.79 Å². The summed E-state index contributed by atoms with van der Waals surface area (Å²) in [5, 5.41) is 3.26. The van der Waals surface area contributed by atoms with Gasteiger partial charge in [-0.1, -0.05) is 13.8 Å². The Kier molecular flexibility index (Phi) is 5.13.